The molecule has 5 rings (SSSR count). The van der Waals surface area contributed by atoms with Gasteiger partial charge in [0.2, 0.25) is 6.29 Å². The molecule has 46 heavy (non-hydrogen) atoms. The van der Waals surface area contributed by atoms with Gasteiger partial charge in [-0.2, -0.15) is 0 Å². The summed E-state index contributed by atoms with van der Waals surface area (Å²) in [6.07, 6.45) is 1.74. The van der Waals surface area contributed by atoms with Gasteiger partial charge in [-0.1, -0.05) is 41.9 Å². The Morgan fingerprint density at radius 3 is 2.41 bits per heavy atom. The minimum absolute atomic E-state index is 0.0344. The van der Waals surface area contributed by atoms with Crippen LogP contribution < -0.4 is 10.2 Å². The Morgan fingerprint density at radius 2 is 1.70 bits per heavy atom. The van der Waals surface area contributed by atoms with Crippen LogP contribution in [0.5, 0.6) is 0 Å². The van der Waals surface area contributed by atoms with Gasteiger partial charge in [-0.3, -0.25) is 14.4 Å². The summed E-state index contributed by atoms with van der Waals surface area (Å²) in [5.41, 5.74) is 3.07. The third-order valence-electron chi connectivity index (χ3n) is 7.87. The maximum atomic E-state index is 13.6. The van der Waals surface area contributed by atoms with Gasteiger partial charge in [-0.25, -0.2) is 4.90 Å². The molecule has 0 radical (unpaired) electrons. The summed E-state index contributed by atoms with van der Waals surface area (Å²) < 4.78 is 23.2. The number of hydrogen-bond donors (Lipinski definition) is 2. The molecule has 2 aliphatic heterocycles. The van der Waals surface area contributed by atoms with Gasteiger partial charge < -0.3 is 29.4 Å². The van der Waals surface area contributed by atoms with E-state index in [4.69, 9.17) is 35.7 Å². The Kier molecular flexibility index (Phi) is 11.2. The lowest BCUT2D eigenvalue weighted by atomic mass is 9.81. The van der Waals surface area contributed by atoms with E-state index in [1.54, 1.807) is 37.3 Å². The molecule has 2 heterocycles. The van der Waals surface area contributed by atoms with Crippen molar-refractivity contribution in [3.63, 3.8) is 0 Å². The van der Waals surface area contributed by atoms with Gasteiger partial charge >= 0.3 is 0 Å². The van der Waals surface area contributed by atoms with Crippen LogP contribution in [0.25, 0.3) is 0 Å². The number of benzene rings is 3. The fraction of sp³-hybridized carbons (Fsp3) is 0.343. The van der Waals surface area contributed by atoms with Crippen LogP contribution in [0.15, 0.2) is 78.6 Å². The molecule has 0 unspecified atom stereocenters. The van der Waals surface area contributed by atoms with Crippen LogP contribution >= 0.6 is 11.6 Å². The fourth-order valence-corrected chi connectivity index (χ4v) is 5.88. The maximum absolute atomic E-state index is 13.6. The molecule has 0 saturated heterocycles. The van der Waals surface area contributed by atoms with Crippen molar-refractivity contribution in [1.82, 2.24) is 0 Å². The predicted molar refractivity (Wildman–Crippen MR) is 173 cm³/mol. The second-order valence-electron chi connectivity index (χ2n) is 10.9. The number of nitrogens with zero attached hydrogens (tertiary/aromatic N) is 1. The number of aliphatic hydroxyl groups excluding tert-OH is 1. The van der Waals surface area contributed by atoms with Crippen molar-refractivity contribution >= 4 is 40.7 Å². The molecule has 0 fully saturated rings. The number of fused-ring (bicyclic) bond motifs is 1. The van der Waals surface area contributed by atoms with Crippen molar-refractivity contribution < 1.29 is 38.4 Å². The highest BCUT2D eigenvalue weighted by Gasteiger charge is 2.39. The van der Waals surface area contributed by atoms with E-state index in [9.17, 15) is 14.4 Å². The quantitative estimate of drug-likeness (QED) is 0.174. The molecule has 2 N–H and O–H groups in total. The van der Waals surface area contributed by atoms with Crippen molar-refractivity contribution in [3.05, 3.63) is 106 Å². The van der Waals surface area contributed by atoms with Crippen LogP contribution in [0, 0.1) is 12.8 Å². The highest BCUT2D eigenvalue weighted by molar-refractivity contribution is 6.37. The van der Waals surface area contributed by atoms with Gasteiger partial charge in [-0.05, 0) is 73.9 Å². The summed E-state index contributed by atoms with van der Waals surface area (Å²) in [7, 11) is 0. The normalized spacial score (nSPS) is 19.1. The number of aliphatic hydroxyl groups is 1. The summed E-state index contributed by atoms with van der Waals surface area (Å²) in [5.74, 6) is -1.53. The van der Waals surface area contributed by atoms with E-state index in [0.717, 1.165) is 10.5 Å². The number of nitrogens with one attached hydrogen (secondary N) is 1. The number of rotatable bonds is 14. The number of hydrogen-bond acceptors (Lipinski definition) is 8. The SMILES string of the molecule is CCO[C@H]1OC(C(=O)Nc2ccc(N3C(=O)c4ccc(Cl)cc4C3=O)c(C)c2)=C[C@@H](c2ccccc2)[C@@H]1CCOCCOCCO. The first-order valence-corrected chi connectivity index (χ1v) is 15.6. The molecule has 2 aliphatic rings. The molecule has 11 heteroatoms. The fourth-order valence-electron chi connectivity index (χ4n) is 5.71. The highest BCUT2D eigenvalue weighted by atomic mass is 35.5. The Hall–Kier alpha value is -4.06. The number of aryl methyl sites for hydroxylation is 1. The zero-order chi connectivity index (χ0) is 32.6. The molecule has 0 aliphatic carbocycles. The summed E-state index contributed by atoms with van der Waals surface area (Å²) in [4.78, 5) is 40.9. The number of imide groups is 1. The molecule has 10 nitrogen and oxygen atoms in total. The smallest absolute Gasteiger partial charge is 0.290 e. The molecule has 3 atom stereocenters. The molecule has 0 saturated carbocycles. The third-order valence-corrected chi connectivity index (χ3v) is 8.11. The predicted octanol–water partition coefficient (Wildman–Crippen LogP) is 5.48. The monoisotopic (exact) mass is 648 g/mol. The second kappa shape index (κ2) is 15.5. The first-order valence-electron chi connectivity index (χ1n) is 15.2. The molecular weight excluding hydrogens is 612 g/mol. The maximum Gasteiger partial charge on any atom is 0.290 e. The van der Waals surface area contributed by atoms with E-state index in [1.165, 1.54) is 6.07 Å². The average molecular weight is 649 g/mol. The molecule has 0 spiro atoms. The summed E-state index contributed by atoms with van der Waals surface area (Å²) in [5, 5.41) is 12.1. The van der Waals surface area contributed by atoms with E-state index < -0.39 is 24.0 Å². The van der Waals surface area contributed by atoms with Crippen molar-refractivity contribution in [2.75, 3.05) is 49.9 Å². The van der Waals surface area contributed by atoms with Crippen LogP contribution in [0.2, 0.25) is 5.02 Å². The van der Waals surface area contributed by atoms with Crippen molar-refractivity contribution in [2.45, 2.75) is 32.5 Å². The Bertz CT molecular complexity index is 1590. The molecule has 242 valence electrons. The van der Waals surface area contributed by atoms with Crippen LogP contribution in [0.3, 0.4) is 0 Å². The van der Waals surface area contributed by atoms with Crippen LogP contribution in [0.4, 0.5) is 11.4 Å². The zero-order valence-electron chi connectivity index (χ0n) is 25.7. The summed E-state index contributed by atoms with van der Waals surface area (Å²) >= 11 is 6.06. The third kappa shape index (κ3) is 7.49. The standard InChI is InChI=1S/C35H37ClN2O8/c1-3-45-35-27(13-15-43-17-18-44-16-14-39)28(23-7-5-4-6-8-23)21-31(46-35)32(40)37-25-10-12-30(22(2)19-25)38-33(41)26-11-9-24(36)20-29(26)34(38)42/h4-12,19-21,27-28,35,39H,3,13-18H2,1-2H3,(H,37,40)/t27-,28-,35-/m0/s1. The number of carbonyl (C=O) groups is 3. The molecule has 0 aromatic heterocycles. The largest absolute Gasteiger partial charge is 0.459 e. The van der Waals surface area contributed by atoms with Crippen molar-refractivity contribution in [1.29, 1.82) is 0 Å². The van der Waals surface area contributed by atoms with Gasteiger partial charge in [0.05, 0.1) is 43.2 Å². The van der Waals surface area contributed by atoms with Gasteiger partial charge in [0, 0.05) is 35.8 Å². The van der Waals surface area contributed by atoms with E-state index in [1.807, 2.05) is 43.3 Å². The highest BCUT2D eigenvalue weighted by Crippen LogP contribution is 2.39. The Balaban J connectivity index is 1.32. The van der Waals surface area contributed by atoms with Crippen LogP contribution in [-0.2, 0) is 23.7 Å². The molecular formula is C35H37ClN2O8. The van der Waals surface area contributed by atoms with Crippen molar-refractivity contribution in [2.24, 2.45) is 5.92 Å². The molecule has 3 amide bonds. The number of ether oxygens (including phenoxy) is 4. The topological polar surface area (TPSA) is 124 Å². The summed E-state index contributed by atoms with van der Waals surface area (Å²) in [6, 6.07) is 19.4. The lowest BCUT2D eigenvalue weighted by molar-refractivity contribution is -0.166. The summed E-state index contributed by atoms with van der Waals surface area (Å²) in [6.45, 7) is 5.47. The Morgan fingerprint density at radius 1 is 0.957 bits per heavy atom. The van der Waals surface area contributed by atoms with Crippen LogP contribution in [-0.4, -0.2) is 68.8 Å². The first-order chi connectivity index (χ1) is 22.3. The van der Waals surface area contributed by atoms with E-state index in [-0.39, 0.29) is 36.4 Å². The number of amides is 3. The van der Waals surface area contributed by atoms with E-state index in [2.05, 4.69) is 5.32 Å². The van der Waals surface area contributed by atoms with Gasteiger partial charge in [0.1, 0.15) is 0 Å². The Labute approximate surface area is 272 Å². The lowest BCUT2D eigenvalue weighted by Crippen LogP contribution is -2.38. The minimum atomic E-state index is -0.693. The molecule has 3 aromatic rings. The van der Waals surface area contributed by atoms with Gasteiger partial charge in [0.25, 0.3) is 17.7 Å². The number of anilines is 2. The van der Waals surface area contributed by atoms with Crippen LogP contribution in [0.1, 0.15) is 51.1 Å². The number of allylic oxidation sites excluding steroid dienone is 1. The van der Waals surface area contributed by atoms with Crippen molar-refractivity contribution in [3.8, 4) is 0 Å². The minimum Gasteiger partial charge on any atom is -0.459 e. The second-order valence-corrected chi connectivity index (χ2v) is 11.3. The lowest BCUT2D eigenvalue weighted by Gasteiger charge is -2.37. The first kappa shape index (κ1) is 33.3. The number of carbonyl (C=O) groups excluding carboxylic acids is 3. The van der Waals surface area contributed by atoms with E-state index in [0.29, 0.717) is 60.4 Å². The van der Waals surface area contributed by atoms with Gasteiger partial charge in [0.15, 0.2) is 5.76 Å². The van der Waals surface area contributed by atoms with E-state index >= 15 is 0 Å². The average Bonchev–Trinajstić information content (AvgIpc) is 3.29. The molecule has 3 aromatic carbocycles. The molecule has 0 bridgehead atoms. The number of halogens is 1. The zero-order valence-corrected chi connectivity index (χ0v) is 26.5. The van der Waals surface area contributed by atoms with Gasteiger partial charge in [-0.15, -0.1) is 0 Å².